The molecule has 0 aliphatic rings. The number of fused-ring (bicyclic) bond motifs is 1. The van der Waals surface area contributed by atoms with Crippen molar-refractivity contribution in [3.05, 3.63) is 42.2 Å². The Morgan fingerprint density at radius 3 is 3.00 bits per heavy atom. The molecule has 2 N–H and O–H groups in total. The molecule has 2 rings (SSSR count). The first kappa shape index (κ1) is 9.70. The van der Waals surface area contributed by atoms with E-state index in [4.69, 9.17) is 5.73 Å². The van der Waals surface area contributed by atoms with Gasteiger partial charge in [0.25, 0.3) is 0 Å². The van der Waals surface area contributed by atoms with E-state index in [1.54, 1.807) is 6.20 Å². The topological polar surface area (TPSA) is 38.9 Å². The lowest BCUT2D eigenvalue weighted by atomic mass is 10.1. The molecule has 0 amide bonds. The van der Waals surface area contributed by atoms with Gasteiger partial charge in [-0.1, -0.05) is 24.0 Å². The molecule has 0 fully saturated rings. The van der Waals surface area contributed by atoms with Crippen molar-refractivity contribution in [3.63, 3.8) is 0 Å². The molecular formula is C13H12N2. The Morgan fingerprint density at radius 1 is 1.33 bits per heavy atom. The minimum atomic E-state index is -0.0953. The van der Waals surface area contributed by atoms with Gasteiger partial charge in [-0.05, 0) is 19.1 Å². The van der Waals surface area contributed by atoms with Crippen molar-refractivity contribution in [2.45, 2.75) is 13.0 Å². The first-order chi connectivity index (χ1) is 7.27. The Bertz CT molecular complexity index is 527. The van der Waals surface area contributed by atoms with Crippen molar-refractivity contribution in [1.29, 1.82) is 0 Å². The van der Waals surface area contributed by atoms with Gasteiger partial charge in [0.1, 0.15) is 0 Å². The summed E-state index contributed by atoms with van der Waals surface area (Å²) in [4.78, 5) is 4.08. The predicted molar refractivity (Wildman–Crippen MR) is 62.3 cm³/mol. The summed E-state index contributed by atoms with van der Waals surface area (Å²) >= 11 is 0. The molecule has 0 aliphatic carbocycles. The first-order valence-electron chi connectivity index (χ1n) is 4.87. The van der Waals surface area contributed by atoms with E-state index in [-0.39, 0.29) is 6.04 Å². The third kappa shape index (κ3) is 2.15. The highest BCUT2D eigenvalue weighted by molar-refractivity contribution is 5.87. The molecule has 2 aromatic rings. The van der Waals surface area contributed by atoms with E-state index in [1.807, 2.05) is 37.4 Å². The normalized spacial score (nSPS) is 11.9. The number of benzene rings is 1. The number of rotatable bonds is 0. The van der Waals surface area contributed by atoms with E-state index in [1.165, 1.54) is 0 Å². The first-order valence-corrected chi connectivity index (χ1v) is 4.87. The van der Waals surface area contributed by atoms with Crippen molar-refractivity contribution < 1.29 is 0 Å². The van der Waals surface area contributed by atoms with Crippen LogP contribution in [-0.4, -0.2) is 11.0 Å². The fourth-order valence-electron chi connectivity index (χ4n) is 1.42. The van der Waals surface area contributed by atoms with E-state index >= 15 is 0 Å². The zero-order valence-corrected chi connectivity index (χ0v) is 8.57. The maximum Gasteiger partial charge on any atom is 0.0639 e. The van der Waals surface area contributed by atoms with Crippen LogP contribution in [0, 0.1) is 11.8 Å². The van der Waals surface area contributed by atoms with Gasteiger partial charge in [0.2, 0.25) is 0 Å². The van der Waals surface area contributed by atoms with Crippen LogP contribution in [0.3, 0.4) is 0 Å². The highest BCUT2D eigenvalue weighted by atomic mass is 14.6. The minimum Gasteiger partial charge on any atom is -0.318 e. The molecule has 0 spiro atoms. The quantitative estimate of drug-likeness (QED) is 0.654. The Balaban J connectivity index is 2.58. The van der Waals surface area contributed by atoms with Gasteiger partial charge in [-0.25, -0.2) is 0 Å². The average Bonchev–Trinajstić information content (AvgIpc) is 2.26. The molecule has 1 aromatic carbocycles. The lowest BCUT2D eigenvalue weighted by molar-refractivity contribution is 0.959. The zero-order valence-electron chi connectivity index (χ0n) is 8.57. The Morgan fingerprint density at radius 2 is 2.20 bits per heavy atom. The molecule has 1 atom stereocenters. The average molecular weight is 196 g/mol. The molecule has 0 bridgehead atoms. The number of nitrogens with two attached hydrogens (primary N) is 1. The largest absolute Gasteiger partial charge is 0.318 e. The van der Waals surface area contributed by atoms with Gasteiger partial charge in [-0.15, -0.1) is 0 Å². The highest BCUT2D eigenvalue weighted by Gasteiger charge is 1.96. The standard InChI is InChI=1S/C13H12N2/c1-10(14)5-6-11-3-2-4-12-9-15-8-7-13(11)12/h2-4,7-10H,14H2,1H3. The fraction of sp³-hybridized carbons (Fsp3) is 0.154. The summed E-state index contributed by atoms with van der Waals surface area (Å²) in [6.45, 7) is 1.87. The van der Waals surface area contributed by atoms with E-state index in [2.05, 4.69) is 16.8 Å². The SMILES string of the molecule is CC(N)C#Cc1cccc2cnccc12. The molecule has 2 heteroatoms. The third-order valence-corrected chi connectivity index (χ3v) is 2.12. The van der Waals surface area contributed by atoms with Gasteiger partial charge in [-0.3, -0.25) is 4.98 Å². The van der Waals surface area contributed by atoms with E-state index in [0.29, 0.717) is 0 Å². The molecule has 0 radical (unpaired) electrons. The summed E-state index contributed by atoms with van der Waals surface area (Å²) in [5, 5.41) is 2.23. The van der Waals surface area contributed by atoms with Crippen LogP contribution in [0.2, 0.25) is 0 Å². The van der Waals surface area contributed by atoms with Crippen LogP contribution < -0.4 is 5.73 Å². The summed E-state index contributed by atoms with van der Waals surface area (Å²) in [5.74, 6) is 6.05. The number of hydrogen-bond acceptors (Lipinski definition) is 2. The van der Waals surface area contributed by atoms with Crippen LogP contribution in [0.4, 0.5) is 0 Å². The van der Waals surface area contributed by atoms with Crippen molar-refractivity contribution in [1.82, 2.24) is 4.98 Å². The van der Waals surface area contributed by atoms with Gasteiger partial charge < -0.3 is 5.73 Å². The van der Waals surface area contributed by atoms with E-state index < -0.39 is 0 Å². The number of pyridine rings is 1. The second-order valence-electron chi connectivity index (χ2n) is 3.46. The molecule has 0 saturated heterocycles. The molecule has 1 aromatic heterocycles. The number of hydrogen-bond donors (Lipinski definition) is 1. The molecule has 0 aliphatic heterocycles. The van der Waals surface area contributed by atoms with Crippen LogP contribution in [0.5, 0.6) is 0 Å². The summed E-state index contributed by atoms with van der Waals surface area (Å²) in [5.41, 5.74) is 6.61. The van der Waals surface area contributed by atoms with Gasteiger partial charge >= 0.3 is 0 Å². The summed E-state index contributed by atoms with van der Waals surface area (Å²) in [6, 6.07) is 7.88. The maximum absolute atomic E-state index is 5.60. The molecule has 1 heterocycles. The summed E-state index contributed by atoms with van der Waals surface area (Å²) in [6.07, 6.45) is 3.62. The third-order valence-electron chi connectivity index (χ3n) is 2.12. The molecule has 0 saturated carbocycles. The lowest BCUT2D eigenvalue weighted by Gasteiger charge is -1.99. The smallest absolute Gasteiger partial charge is 0.0639 e. The Kier molecular flexibility index (Phi) is 2.66. The summed E-state index contributed by atoms with van der Waals surface area (Å²) in [7, 11) is 0. The van der Waals surface area contributed by atoms with Gasteiger partial charge in [0.15, 0.2) is 0 Å². The van der Waals surface area contributed by atoms with Crippen LogP contribution in [0.1, 0.15) is 12.5 Å². The maximum atomic E-state index is 5.60. The second-order valence-corrected chi connectivity index (χ2v) is 3.46. The second kappa shape index (κ2) is 4.12. The van der Waals surface area contributed by atoms with Gasteiger partial charge in [0, 0.05) is 28.7 Å². The van der Waals surface area contributed by atoms with E-state index in [9.17, 15) is 0 Å². The minimum absolute atomic E-state index is 0.0953. The molecule has 74 valence electrons. The van der Waals surface area contributed by atoms with Crippen molar-refractivity contribution >= 4 is 10.8 Å². The summed E-state index contributed by atoms with van der Waals surface area (Å²) < 4.78 is 0. The van der Waals surface area contributed by atoms with Crippen molar-refractivity contribution in [3.8, 4) is 11.8 Å². The number of aromatic nitrogens is 1. The monoisotopic (exact) mass is 196 g/mol. The Labute approximate surface area is 89.1 Å². The predicted octanol–water partition coefficient (Wildman–Crippen LogP) is 1.93. The van der Waals surface area contributed by atoms with Crippen LogP contribution in [-0.2, 0) is 0 Å². The molecule has 15 heavy (non-hydrogen) atoms. The number of nitrogens with zero attached hydrogens (tertiary/aromatic N) is 1. The molecule has 1 unspecified atom stereocenters. The van der Waals surface area contributed by atoms with Crippen LogP contribution >= 0.6 is 0 Å². The Hall–Kier alpha value is -1.85. The zero-order chi connectivity index (χ0) is 10.7. The van der Waals surface area contributed by atoms with Crippen LogP contribution in [0.15, 0.2) is 36.7 Å². The fourth-order valence-corrected chi connectivity index (χ4v) is 1.42. The molecule has 2 nitrogen and oxygen atoms in total. The highest BCUT2D eigenvalue weighted by Crippen LogP contribution is 2.16. The molecular weight excluding hydrogens is 184 g/mol. The van der Waals surface area contributed by atoms with Crippen molar-refractivity contribution in [2.24, 2.45) is 5.73 Å². The van der Waals surface area contributed by atoms with E-state index in [0.717, 1.165) is 16.3 Å². The van der Waals surface area contributed by atoms with Crippen LogP contribution in [0.25, 0.3) is 10.8 Å². The van der Waals surface area contributed by atoms with Gasteiger partial charge in [-0.2, -0.15) is 0 Å². The van der Waals surface area contributed by atoms with Crippen molar-refractivity contribution in [2.75, 3.05) is 0 Å². The lowest BCUT2D eigenvalue weighted by Crippen LogP contribution is -2.10. The van der Waals surface area contributed by atoms with Gasteiger partial charge in [0.05, 0.1) is 6.04 Å².